The average molecular weight is 516 g/mol. The molecule has 6 aromatic carbocycles. The summed E-state index contributed by atoms with van der Waals surface area (Å²) < 4.78 is 2.43. The van der Waals surface area contributed by atoms with Crippen LogP contribution < -0.4 is 20.7 Å². The number of para-hydroxylation sites is 2. The molecule has 0 spiro atoms. The zero-order valence-electron chi connectivity index (χ0n) is 22.0. The van der Waals surface area contributed by atoms with Gasteiger partial charge >= 0.3 is 0 Å². The summed E-state index contributed by atoms with van der Waals surface area (Å²) in [4.78, 5) is 0. The van der Waals surface area contributed by atoms with Crippen LogP contribution in [0.4, 0.5) is 0 Å². The molecule has 0 N–H and O–H groups in total. The van der Waals surface area contributed by atoms with Crippen LogP contribution in [0, 0.1) is 6.92 Å². The molecule has 1 nitrogen and oxygen atoms in total. The van der Waals surface area contributed by atoms with E-state index in [4.69, 9.17) is 0 Å². The van der Waals surface area contributed by atoms with Gasteiger partial charge in [0.25, 0.3) is 0 Å². The first-order chi connectivity index (χ1) is 19.3. The van der Waals surface area contributed by atoms with Gasteiger partial charge in [0.15, 0.2) is 8.07 Å². The Kier molecular flexibility index (Phi) is 5.76. The quantitative estimate of drug-likeness (QED) is 0.183. The Balaban J connectivity index is 1.61. The van der Waals surface area contributed by atoms with Crippen molar-refractivity contribution in [1.29, 1.82) is 0 Å². The van der Waals surface area contributed by atoms with E-state index in [1.54, 1.807) is 0 Å². The lowest BCUT2D eigenvalue weighted by Crippen LogP contribution is -2.74. The van der Waals surface area contributed by atoms with Crippen molar-refractivity contribution < 1.29 is 0 Å². The van der Waals surface area contributed by atoms with Gasteiger partial charge in [0.05, 0.1) is 11.0 Å². The van der Waals surface area contributed by atoms with Gasteiger partial charge in [-0.15, -0.1) is 0 Å². The zero-order chi connectivity index (χ0) is 26.2. The lowest BCUT2D eigenvalue weighted by atomic mass is 10.1. The molecule has 0 bridgehead atoms. The summed E-state index contributed by atoms with van der Waals surface area (Å²) in [6, 6.07) is 58.2. The van der Waals surface area contributed by atoms with Crippen LogP contribution in [0.15, 0.2) is 158 Å². The molecule has 0 aliphatic rings. The summed E-state index contributed by atoms with van der Waals surface area (Å²) in [6.07, 6.45) is 0. The van der Waals surface area contributed by atoms with Crippen LogP contribution in [-0.4, -0.2) is 12.6 Å². The molecular weight excluding hydrogens is 487 g/mol. The summed E-state index contributed by atoms with van der Waals surface area (Å²) in [7, 11) is -2.59. The van der Waals surface area contributed by atoms with E-state index in [1.165, 1.54) is 53.8 Å². The number of rotatable bonds is 5. The maximum atomic E-state index is 2.49. The van der Waals surface area contributed by atoms with E-state index < -0.39 is 8.07 Å². The molecule has 0 aliphatic heterocycles. The molecule has 0 amide bonds. The molecule has 1 heterocycles. The van der Waals surface area contributed by atoms with Gasteiger partial charge in [0, 0.05) is 16.5 Å². The number of benzene rings is 6. The molecule has 7 aromatic rings. The van der Waals surface area contributed by atoms with Crippen molar-refractivity contribution in [3.05, 3.63) is 163 Å². The van der Waals surface area contributed by atoms with Crippen LogP contribution >= 0.6 is 0 Å². The SMILES string of the molecule is Cc1ccccc1-n1c2ccccc2c2cc([Si](c3ccccc3)(c3ccccc3)c3ccccc3)ccc21. The number of hydrogen-bond donors (Lipinski definition) is 0. The second kappa shape index (κ2) is 9.58. The van der Waals surface area contributed by atoms with E-state index in [0.717, 1.165) is 0 Å². The van der Waals surface area contributed by atoms with Crippen molar-refractivity contribution in [2.24, 2.45) is 0 Å². The molecule has 0 fully saturated rings. The molecule has 0 saturated heterocycles. The van der Waals surface area contributed by atoms with Crippen LogP contribution in [0.5, 0.6) is 0 Å². The normalized spacial score (nSPS) is 11.7. The highest BCUT2D eigenvalue weighted by atomic mass is 28.3. The lowest BCUT2D eigenvalue weighted by molar-refractivity contribution is 1.15. The summed E-state index contributed by atoms with van der Waals surface area (Å²) in [5, 5.41) is 8.16. The molecule has 1 aromatic heterocycles. The highest BCUT2D eigenvalue weighted by Gasteiger charge is 2.41. The fraction of sp³-hybridized carbons (Fsp3) is 0.0270. The molecule has 39 heavy (non-hydrogen) atoms. The first-order valence-corrected chi connectivity index (χ1v) is 15.5. The molecule has 186 valence electrons. The molecular formula is C37H29NSi. The predicted molar refractivity (Wildman–Crippen MR) is 169 cm³/mol. The number of aryl methyl sites for hydroxylation is 1. The lowest BCUT2D eigenvalue weighted by Gasteiger charge is -2.34. The highest BCUT2D eigenvalue weighted by molar-refractivity contribution is 7.20. The van der Waals surface area contributed by atoms with Crippen LogP contribution in [0.2, 0.25) is 0 Å². The number of aromatic nitrogens is 1. The number of nitrogens with zero attached hydrogens (tertiary/aromatic N) is 1. The Hall–Kier alpha value is -4.66. The van der Waals surface area contributed by atoms with Crippen LogP contribution in [-0.2, 0) is 0 Å². The third-order valence-electron chi connectivity index (χ3n) is 8.08. The van der Waals surface area contributed by atoms with Crippen molar-refractivity contribution in [2.45, 2.75) is 6.92 Å². The van der Waals surface area contributed by atoms with Crippen LogP contribution in [0.1, 0.15) is 5.56 Å². The molecule has 0 aliphatic carbocycles. The highest BCUT2D eigenvalue weighted by Crippen LogP contribution is 2.32. The first kappa shape index (κ1) is 23.5. The van der Waals surface area contributed by atoms with Crippen molar-refractivity contribution in [1.82, 2.24) is 4.57 Å². The van der Waals surface area contributed by atoms with Gasteiger partial charge in [0.1, 0.15) is 0 Å². The minimum absolute atomic E-state index is 1.23. The average Bonchev–Trinajstić information content (AvgIpc) is 3.33. The van der Waals surface area contributed by atoms with E-state index in [0.29, 0.717) is 0 Å². The summed E-state index contributed by atoms with van der Waals surface area (Å²) in [5.41, 5.74) is 4.98. The summed E-state index contributed by atoms with van der Waals surface area (Å²) in [5.74, 6) is 0. The second-order valence-corrected chi connectivity index (χ2v) is 14.0. The van der Waals surface area contributed by atoms with Gasteiger partial charge in [-0.1, -0.05) is 140 Å². The smallest absolute Gasteiger partial charge is 0.179 e. The van der Waals surface area contributed by atoms with Gasteiger partial charge in [-0.05, 0) is 51.4 Å². The van der Waals surface area contributed by atoms with Gasteiger partial charge < -0.3 is 4.57 Å². The second-order valence-electron chi connectivity index (χ2n) is 10.2. The maximum absolute atomic E-state index is 2.59. The van der Waals surface area contributed by atoms with Crippen molar-refractivity contribution in [3.63, 3.8) is 0 Å². The van der Waals surface area contributed by atoms with Crippen molar-refractivity contribution in [2.75, 3.05) is 0 Å². The molecule has 0 atom stereocenters. The largest absolute Gasteiger partial charge is 0.309 e. The third-order valence-corrected chi connectivity index (χ3v) is 12.9. The van der Waals surface area contributed by atoms with Crippen molar-refractivity contribution in [3.8, 4) is 5.69 Å². The van der Waals surface area contributed by atoms with E-state index in [-0.39, 0.29) is 0 Å². The minimum atomic E-state index is -2.59. The fourth-order valence-corrected chi connectivity index (χ4v) is 11.1. The Labute approximate surface area is 230 Å². The zero-order valence-corrected chi connectivity index (χ0v) is 23.0. The summed E-state index contributed by atoms with van der Waals surface area (Å²) >= 11 is 0. The standard InChI is InChI=1S/C37H29NSi/c1-28-15-11-13-23-35(28)38-36-24-14-12-22-33(36)34-27-32(25-26-37(34)38)39(29-16-5-2-6-17-29,30-18-7-3-8-19-30)31-20-9-4-10-21-31/h2-27H,1H3. The van der Waals surface area contributed by atoms with Crippen molar-refractivity contribution >= 4 is 50.6 Å². The van der Waals surface area contributed by atoms with Gasteiger partial charge in [-0.2, -0.15) is 0 Å². The Bertz CT molecular complexity index is 1810. The minimum Gasteiger partial charge on any atom is -0.309 e. The first-order valence-electron chi connectivity index (χ1n) is 13.5. The Morgan fingerprint density at radius 2 is 0.897 bits per heavy atom. The van der Waals surface area contributed by atoms with E-state index in [9.17, 15) is 0 Å². The summed E-state index contributed by atoms with van der Waals surface area (Å²) in [6.45, 7) is 2.20. The van der Waals surface area contributed by atoms with Crippen LogP contribution in [0.25, 0.3) is 27.5 Å². The molecule has 2 heteroatoms. The third kappa shape index (κ3) is 3.68. The van der Waals surface area contributed by atoms with E-state index in [1.807, 2.05) is 0 Å². The number of fused-ring (bicyclic) bond motifs is 3. The fourth-order valence-electron chi connectivity index (χ4n) is 6.34. The molecule has 7 rings (SSSR count). The predicted octanol–water partition coefficient (Wildman–Crippen LogP) is 6.47. The van der Waals surface area contributed by atoms with E-state index >= 15 is 0 Å². The van der Waals surface area contributed by atoms with Gasteiger partial charge in [-0.25, -0.2) is 0 Å². The van der Waals surface area contributed by atoms with Gasteiger partial charge in [-0.3, -0.25) is 0 Å². The van der Waals surface area contributed by atoms with Gasteiger partial charge in [0.2, 0.25) is 0 Å². The molecule has 0 unspecified atom stereocenters. The monoisotopic (exact) mass is 515 g/mol. The van der Waals surface area contributed by atoms with E-state index in [2.05, 4.69) is 169 Å². The topological polar surface area (TPSA) is 4.93 Å². The molecule has 0 saturated carbocycles. The molecule has 0 radical (unpaired) electrons. The Morgan fingerprint density at radius 1 is 0.410 bits per heavy atom. The Morgan fingerprint density at radius 3 is 1.49 bits per heavy atom. The maximum Gasteiger partial charge on any atom is 0.179 e. The number of hydrogen-bond acceptors (Lipinski definition) is 0. The van der Waals surface area contributed by atoms with Crippen LogP contribution in [0.3, 0.4) is 0 Å².